The summed E-state index contributed by atoms with van der Waals surface area (Å²) in [6, 6.07) is 4.90. The maximum absolute atomic E-state index is 11.7. The first-order chi connectivity index (χ1) is 7.54. The van der Waals surface area contributed by atoms with Gasteiger partial charge in [-0.2, -0.15) is 0 Å². The summed E-state index contributed by atoms with van der Waals surface area (Å²) in [5, 5.41) is 3.33. The van der Waals surface area contributed by atoms with Gasteiger partial charge in [-0.25, -0.2) is 0 Å². The van der Waals surface area contributed by atoms with Crippen LogP contribution in [0.4, 0.5) is 5.69 Å². The molecule has 88 valence electrons. The van der Waals surface area contributed by atoms with Crippen molar-refractivity contribution in [3.05, 3.63) is 28.8 Å². The second-order valence-corrected chi connectivity index (χ2v) is 4.37. The van der Waals surface area contributed by atoms with Gasteiger partial charge in [-0.05, 0) is 24.1 Å². The number of carbonyl (C=O) groups excluding carboxylic acids is 1. The number of carbonyl (C=O) groups is 1. The first-order valence-corrected chi connectivity index (χ1v) is 5.75. The van der Waals surface area contributed by atoms with E-state index in [9.17, 15) is 4.79 Å². The number of rotatable bonds is 4. The standard InChI is InChI=1S/C12H17ClN2O/c1-3-8(2)7-15-12(16)9-4-5-10(13)11(14)6-9/h4-6,8H,3,7,14H2,1-2H3,(H,15,16). The summed E-state index contributed by atoms with van der Waals surface area (Å²) in [7, 11) is 0. The molecule has 3 nitrogen and oxygen atoms in total. The zero-order valence-corrected chi connectivity index (χ0v) is 10.3. The fraction of sp³-hybridized carbons (Fsp3) is 0.417. The number of nitrogen functional groups attached to an aromatic ring is 1. The van der Waals surface area contributed by atoms with E-state index in [0.717, 1.165) is 6.42 Å². The molecule has 3 N–H and O–H groups in total. The molecule has 1 aromatic rings. The molecular formula is C12H17ClN2O. The molecule has 1 atom stereocenters. The number of amides is 1. The van der Waals surface area contributed by atoms with Gasteiger partial charge in [0.15, 0.2) is 0 Å². The highest BCUT2D eigenvalue weighted by molar-refractivity contribution is 6.33. The fourth-order valence-electron chi connectivity index (χ4n) is 1.20. The van der Waals surface area contributed by atoms with Gasteiger partial charge < -0.3 is 11.1 Å². The molecule has 0 saturated heterocycles. The van der Waals surface area contributed by atoms with Crippen molar-refractivity contribution in [2.45, 2.75) is 20.3 Å². The maximum Gasteiger partial charge on any atom is 0.251 e. The Morgan fingerprint density at radius 3 is 2.81 bits per heavy atom. The van der Waals surface area contributed by atoms with Crippen LogP contribution in [0.15, 0.2) is 18.2 Å². The van der Waals surface area contributed by atoms with Crippen molar-refractivity contribution < 1.29 is 4.79 Å². The minimum Gasteiger partial charge on any atom is -0.398 e. The van der Waals surface area contributed by atoms with Gasteiger partial charge in [0.2, 0.25) is 0 Å². The number of nitrogens with one attached hydrogen (secondary N) is 1. The van der Waals surface area contributed by atoms with Crippen LogP contribution in [-0.2, 0) is 0 Å². The number of hydrogen-bond donors (Lipinski definition) is 2. The van der Waals surface area contributed by atoms with Gasteiger partial charge in [0, 0.05) is 12.1 Å². The van der Waals surface area contributed by atoms with Gasteiger partial charge in [-0.15, -0.1) is 0 Å². The van der Waals surface area contributed by atoms with Crippen LogP contribution in [0.3, 0.4) is 0 Å². The van der Waals surface area contributed by atoms with E-state index in [1.54, 1.807) is 18.2 Å². The summed E-state index contributed by atoms with van der Waals surface area (Å²) in [6.45, 7) is 4.87. The molecular weight excluding hydrogens is 224 g/mol. The minimum absolute atomic E-state index is 0.108. The molecule has 0 aromatic heterocycles. The largest absolute Gasteiger partial charge is 0.398 e. The first-order valence-electron chi connectivity index (χ1n) is 5.37. The Morgan fingerprint density at radius 2 is 2.25 bits per heavy atom. The summed E-state index contributed by atoms with van der Waals surface area (Å²) in [4.78, 5) is 11.7. The van der Waals surface area contributed by atoms with Gasteiger partial charge >= 0.3 is 0 Å². The highest BCUT2D eigenvalue weighted by atomic mass is 35.5. The average Bonchev–Trinajstić information content (AvgIpc) is 2.29. The third kappa shape index (κ3) is 3.42. The van der Waals surface area contributed by atoms with Crippen molar-refractivity contribution in [2.75, 3.05) is 12.3 Å². The van der Waals surface area contributed by atoms with Crippen LogP contribution in [0.5, 0.6) is 0 Å². The summed E-state index contributed by atoms with van der Waals surface area (Å²) < 4.78 is 0. The molecule has 1 aromatic carbocycles. The number of nitrogens with two attached hydrogens (primary N) is 1. The second kappa shape index (κ2) is 5.75. The summed E-state index contributed by atoms with van der Waals surface area (Å²) in [5.41, 5.74) is 6.60. The molecule has 0 fully saturated rings. The van der Waals surface area contributed by atoms with Gasteiger partial charge in [0.1, 0.15) is 0 Å². The molecule has 1 amide bonds. The molecule has 4 heteroatoms. The van der Waals surface area contributed by atoms with E-state index < -0.39 is 0 Å². The Morgan fingerprint density at radius 1 is 1.56 bits per heavy atom. The van der Waals surface area contributed by atoms with Crippen molar-refractivity contribution in [2.24, 2.45) is 5.92 Å². The monoisotopic (exact) mass is 240 g/mol. The maximum atomic E-state index is 11.7. The average molecular weight is 241 g/mol. The van der Waals surface area contributed by atoms with E-state index in [4.69, 9.17) is 17.3 Å². The highest BCUT2D eigenvalue weighted by Crippen LogP contribution is 2.19. The molecule has 0 aliphatic rings. The predicted molar refractivity (Wildman–Crippen MR) is 67.7 cm³/mol. The Hall–Kier alpha value is -1.22. The lowest BCUT2D eigenvalue weighted by atomic mass is 10.1. The van der Waals surface area contributed by atoms with Crippen molar-refractivity contribution >= 4 is 23.2 Å². The third-order valence-electron chi connectivity index (χ3n) is 2.57. The summed E-state index contributed by atoms with van der Waals surface area (Å²) >= 11 is 5.78. The van der Waals surface area contributed by atoms with Crippen LogP contribution in [0.25, 0.3) is 0 Å². The minimum atomic E-state index is -0.108. The third-order valence-corrected chi connectivity index (χ3v) is 2.91. The van der Waals surface area contributed by atoms with Gasteiger partial charge in [0.05, 0.1) is 10.7 Å². The lowest BCUT2D eigenvalue weighted by Crippen LogP contribution is -2.28. The zero-order valence-electron chi connectivity index (χ0n) is 9.59. The van der Waals surface area contributed by atoms with Crippen LogP contribution in [-0.4, -0.2) is 12.5 Å². The molecule has 0 bridgehead atoms. The highest BCUT2D eigenvalue weighted by Gasteiger charge is 2.08. The molecule has 0 heterocycles. The number of anilines is 1. The molecule has 0 saturated carbocycles. The Bertz CT molecular complexity index is 379. The van der Waals surface area contributed by atoms with E-state index in [1.807, 2.05) is 0 Å². The molecule has 0 aliphatic carbocycles. The van der Waals surface area contributed by atoms with E-state index in [0.29, 0.717) is 28.7 Å². The summed E-state index contributed by atoms with van der Waals surface area (Å²) in [5.74, 6) is 0.372. The Balaban J connectivity index is 2.63. The fourth-order valence-corrected chi connectivity index (χ4v) is 1.32. The normalized spacial score (nSPS) is 12.2. The smallest absolute Gasteiger partial charge is 0.251 e. The molecule has 16 heavy (non-hydrogen) atoms. The number of benzene rings is 1. The first kappa shape index (κ1) is 12.8. The van der Waals surface area contributed by atoms with Crippen molar-refractivity contribution in [3.63, 3.8) is 0 Å². The molecule has 0 radical (unpaired) electrons. The van der Waals surface area contributed by atoms with Gasteiger partial charge in [0.25, 0.3) is 5.91 Å². The van der Waals surface area contributed by atoms with Crippen LogP contribution in [0, 0.1) is 5.92 Å². The second-order valence-electron chi connectivity index (χ2n) is 3.96. The Labute approximate surface area is 101 Å². The number of hydrogen-bond acceptors (Lipinski definition) is 2. The topological polar surface area (TPSA) is 55.1 Å². The van der Waals surface area contributed by atoms with Crippen LogP contribution in [0.1, 0.15) is 30.6 Å². The van der Waals surface area contributed by atoms with Crippen molar-refractivity contribution in [1.82, 2.24) is 5.32 Å². The van der Waals surface area contributed by atoms with Crippen LogP contribution in [0.2, 0.25) is 5.02 Å². The summed E-state index contributed by atoms with van der Waals surface area (Å²) in [6.07, 6.45) is 1.04. The molecule has 1 unspecified atom stereocenters. The molecule has 0 aliphatic heterocycles. The lowest BCUT2D eigenvalue weighted by Gasteiger charge is -2.10. The van der Waals surface area contributed by atoms with Crippen LogP contribution >= 0.6 is 11.6 Å². The van der Waals surface area contributed by atoms with Gasteiger partial charge in [-0.3, -0.25) is 4.79 Å². The lowest BCUT2D eigenvalue weighted by molar-refractivity contribution is 0.0948. The number of halogens is 1. The molecule has 0 spiro atoms. The van der Waals surface area contributed by atoms with E-state index in [-0.39, 0.29) is 5.91 Å². The SMILES string of the molecule is CCC(C)CNC(=O)c1ccc(Cl)c(N)c1. The zero-order chi connectivity index (χ0) is 12.1. The van der Waals surface area contributed by atoms with Crippen molar-refractivity contribution in [3.8, 4) is 0 Å². The predicted octanol–water partition coefficient (Wildman–Crippen LogP) is 2.70. The van der Waals surface area contributed by atoms with Crippen molar-refractivity contribution in [1.29, 1.82) is 0 Å². The Kier molecular flexibility index (Phi) is 4.62. The van der Waals surface area contributed by atoms with E-state index in [2.05, 4.69) is 19.2 Å². The van der Waals surface area contributed by atoms with E-state index in [1.165, 1.54) is 0 Å². The quantitative estimate of drug-likeness (QED) is 0.795. The molecule has 1 rings (SSSR count). The van der Waals surface area contributed by atoms with Crippen LogP contribution < -0.4 is 11.1 Å². The van der Waals surface area contributed by atoms with Gasteiger partial charge in [-0.1, -0.05) is 31.9 Å². The van der Waals surface area contributed by atoms with E-state index >= 15 is 0 Å².